The molecule has 164 valence electrons. The Morgan fingerprint density at radius 2 is 1.00 bits per heavy atom. The smallest absolute Gasteiger partial charge is 0.748 e. The molecule has 0 saturated heterocycles. The molecule has 0 fully saturated rings. The molecule has 0 saturated carbocycles. The van der Waals surface area contributed by atoms with E-state index in [1.807, 2.05) is 0 Å². The first-order valence-corrected chi connectivity index (χ1v) is 13.0. The summed E-state index contributed by atoms with van der Waals surface area (Å²) in [6.45, 7) is 3.72. The molecule has 1 N–H and O–H groups in total. The summed E-state index contributed by atoms with van der Waals surface area (Å²) in [6, 6.07) is 0. The number of hydrogen-bond acceptors (Lipinski definition) is 4. The molecule has 0 aliphatic rings. The van der Waals surface area contributed by atoms with Gasteiger partial charge in [0.2, 0.25) is 0 Å². The SMILES string of the molecule is CCCCCCC(O)CCCCCCCCCCCCCC(C)S(=O)(=O)[O-].[K+]. The maximum Gasteiger partial charge on any atom is 1.00 e. The predicted octanol–water partition coefficient (Wildman–Crippen LogP) is 3.33. The topological polar surface area (TPSA) is 77.4 Å². The van der Waals surface area contributed by atoms with Crippen LogP contribution in [0.1, 0.15) is 129 Å². The normalized spacial score (nSPS) is 13.9. The van der Waals surface area contributed by atoms with Gasteiger partial charge < -0.3 is 9.66 Å². The summed E-state index contributed by atoms with van der Waals surface area (Å²) in [7, 11) is -4.09. The second-order valence-electron chi connectivity index (χ2n) is 8.27. The van der Waals surface area contributed by atoms with Crippen LogP contribution in [-0.4, -0.2) is 29.4 Å². The molecule has 28 heavy (non-hydrogen) atoms. The van der Waals surface area contributed by atoms with Crippen molar-refractivity contribution in [2.24, 2.45) is 0 Å². The summed E-state index contributed by atoms with van der Waals surface area (Å²) in [6.07, 6.45) is 20.4. The van der Waals surface area contributed by atoms with Crippen molar-refractivity contribution in [1.29, 1.82) is 0 Å². The average molecular weight is 445 g/mol. The van der Waals surface area contributed by atoms with Crippen LogP contribution in [0.25, 0.3) is 0 Å². The Morgan fingerprint density at radius 1 is 0.679 bits per heavy atom. The van der Waals surface area contributed by atoms with E-state index >= 15 is 0 Å². The van der Waals surface area contributed by atoms with Gasteiger partial charge in [-0.2, -0.15) is 0 Å². The molecule has 0 rings (SSSR count). The van der Waals surface area contributed by atoms with Crippen LogP contribution >= 0.6 is 0 Å². The fourth-order valence-corrected chi connectivity index (χ4v) is 3.95. The third-order valence-electron chi connectivity index (χ3n) is 5.53. The Bertz CT molecular complexity index is 415. The minimum absolute atomic E-state index is 0. The summed E-state index contributed by atoms with van der Waals surface area (Å²) < 4.78 is 32.4. The molecule has 2 unspecified atom stereocenters. The van der Waals surface area contributed by atoms with E-state index in [2.05, 4.69) is 6.92 Å². The Hall–Kier alpha value is 1.51. The molecule has 0 aromatic rings. The molecule has 0 aliphatic carbocycles. The monoisotopic (exact) mass is 444 g/mol. The minimum atomic E-state index is -4.09. The van der Waals surface area contributed by atoms with Gasteiger partial charge in [-0.1, -0.05) is 103 Å². The van der Waals surface area contributed by atoms with Crippen LogP contribution in [0.4, 0.5) is 0 Å². The molecular weight excluding hydrogens is 399 g/mol. The van der Waals surface area contributed by atoms with Crippen molar-refractivity contribution >= 4 is 10.1 Å². The molecule has 0 aliphatic heterocycles. The summed E-state index contributed by atoms with van der Waals surface area (Å²) in [5, 5.41) is 9.20. The van der Waals surface area contributed by atoms with Gasteiger partial charge >= 0.3 is 51.4 Å². The van der Waals surface area contributed by atoms with Gasteiger partial charge in [0.25, 0.3) is 0 Å². The van der Waals surface area contributed by atoms with E-state index in [4.69, 9.17) is 0 Å². The average Bonchev–Trinajstić information content (AvgIpc) is 2.61. The number of unbranched alkanes of at least 4 members (excludes halogenated alkanes) is 13. The van der Waals surface area contributed by atoms with Crippen molar-refractivity contribution < 1.29 is 69.5 Å². The van der Waals surface area contributed by atoms with Crippen molar-refractivity contribution in [2.45, 2.75) is 141 Å². The molecule has 0 heterocycles. The van der Waals surface area contributed by atoms with Crippen LogP contribution < -0.4 is 51.4 Å². The molecular formula is C22H45KO4S. The summed E-state index contributed by atoms with van der Waals surface area (Å²) in [5.74, 6) is 0. The maximum atomic E-state index is 10.8. The number of hydrogen-bond donors (Lipinski definition) is 1. The van der Waals surface area contributed by atoms with Gasteiger partial charge in [-0.3, -0.25) is 0 Å². The number of rotatable bonds is 20. The van der Waals surface area contributed by atoms with Crippen LogP contribution in [0.2, 0.25) is 0 Å². The maximum absolute atomic E-state index is 10.8. The van der Waals surface area contributed by atoms with E-state index in [0.717, 1.165) is 38.5 Å². The second-order valence-corrected chi connectivity index (χ2v) is 10.1. The number of aliphatic hydroxyl groups excluding tert-OH is 1. The Kier molecular flexibility index (Phi) is 24.6. The zero-order chi connectivity index (χ0) is 20.4. The van der Waals surface area contributed by atoms with E-state index in [0.29, 0.717) is 6.42 Å². The van der Waals surface area contributed by atoms with E-state index in [1.165, 1.54) is 77.6 Å². The van der Waals surface area contributed by atoms with Gasteiger partial charge in [-0.25, -0.2) is 8.42 Å². The van der Waals surface area contributed by atoms with Gasteiger partial charge in [-0.05, 0) is 26.2 Å². The van der Waals surface area contributed by atoms with Gasteiger partial charge in [-0.15, -0.1) is 0 Å². The van der Waals surface area contributed by atoms with Crippen molar-refractivity contribution in [3.63, 3.8) is 0 Å². The standard InChI is InChI=1S/C22H46O4S.K/c1-3-4-5-16-19-22(23)20-17-14-12-10-8-6-7-9-11-13-15-18-21(2)27(24,25)26;/h21-23H,3-20H2,1-2H3,(H,24,25,26);/q;+1/p-1. The molecule has 0 aromatic carbocycles. The third kappa shape index (κ3) is 22.2. The largest absolute Gasteiger partial charge is 1.00 e. The fraction of sp³-hybridized carbons (Fsp3) is 1.00. The molecule has 0 aromatic heterocycles. The Labute approximate surface area is 218 Å². The summed E-state index contributed by atoms with van der Waals surface area (Å²) >= 11 is 0. The zero-order valence-electron chi connectivity index (χ0n) is 19.0. The molecule has 0 bridgehead atoms. The second kappa shape index (κ2) is 21.7. The van der Waals surface area contributed by atoms with Crippen LogP contribution in [0.3, 0.4) is 0 Å². The Balaban J connectivity index is 0. The van der Waals surface area contributed by atoms with Gasteiger partial charge in [0.1, 0.15) is 0 Å². The third-order valence-corrected chi connectivity index (χ3v) is 6.75. The van der Waals surface area contributed by atoms with Crippen molar-refractivity contribution in [3.8, 4) is 0 Å². The van der Waals surface area contributed by atoms with Crippen molar-refractivity contribution in [2.75, 3.05) is 0 Å². The molecule has 6 heteroatoms. The molecule has 0 spiro atoms. The van der Waals surface area contributed by atoms with Crippen LogP contribution in [-0.2, 0) is 10.1 Å². The van der Waals surface area contributed by atoms with E-state index in [9.17, 15) is 18.1 Å². The fourth-order valence-electron chi connectivity index (χ4n) is 3.50. The van der Waals surface area contributed by atoms with Crippen LogP contribution in [0, 0.1) is 0 Å². The minimum Gasteiger partial charge on any atom is -0.748 e. The zero-order valence-corrected chi connectivity index (χ0v) is 22.9. The molecule has 0 radical (unpaired) electrons. The van der Waals surface area contributed by atoms with E-state index in [-0.39, 0.29) is 57.5 Å². The predicted molar refractivity (Wildman–Crippen MR) is 114 cm³/mol. The first-order chi connectivity index (χ1) is 12.9. The summed E-state index contributed by atoms with van der Waals surface area (Å²) in [5.41, 5.74) is 0. The first-order valence-electron chi connectivity index (χ1n) is 11.5. The van der Waals surface area contributed by atoms with Crippen LogP contribution in [0.5, 0.6) is 0 Å². The van der Waals surface area contributed by atoms with E-state index in [1.54, 1.807) is 0 Å². The van der Waals surface area contributed by atoms with Crippen molar-refractivity contribution in [1.82, 2.24) is 0 Å². The van der Waals surface area contributed by atoms with Crippen LogP contribution in [0.15, 0.2) is 0 Å². The van der Waals surface area contributed by atoms with Gasteiger partial charge in [0, 0.05) is 5.25 Å². The molecule has 0 amide bonds. The van der Waals surface area contributed by atoms with E-state index < -0.39 is 15.4 Å². The van der Waals surface area contributed by atoms with Gasteiger partial charge in [0.15, 0.2) is 0 Å². The molecule has 4 nitrogen and oxygen atoms in total. The van der Waals surface area contributed by atoms with Crippen molar-refractivity contribution in [3.05, 3.63) is 0 Å². The summed E-state index contributed by atoms with van der Waals surface area (Å²) in [4.78, 5) is 0. The quantitative estimate of drug-likeness (QED) is 0.177. The first kappa shape index (κ1) is 31.7. The Morgan fingerprint density at radius 3 is 1.36 bits per heavy atom. The number of aliphatic hydroxyl groups is 1. The molecule has 2 atom stereocenters. The van der Waals surface area contributed by atoms with Gasteiger partial charge in [0.05, 0.1) is 16.2 Å².